The van der Waals surface area contributed by atoms with Gasteiger partial charge >= 0.3 is 0 Å². The minimum absolute atomic E-state index is 0.291. The molecular weight excluding hydrogens is 393 g/mol. The lowest BCUT2D eigenvalue weighted by molar-refractivity contribution is -0.127. The molecule has 0 bridgehead atoms. The van der Waals surface area contributed by atoms with E-state index in [1.54, 1.807) is 26.2 Å². The predicted octanol–water partition coefficient (Wildman–Crippen LogP) is 3.56. The summed E-state index contributed by atoms with van der Waals surface area (Å²) in [5, 5.41) is 2.72. The van der Waals surface area contributed by atoms with Crippen LogP contribution in [0.3, 0.4) is 0 Å². The minimum Gasteiger partial charge on any atom is -0.493 e. The minimum atomic E-state index is -0.729. The largest absolute Gasteiger partial charge is 0.493 e. The molecule has 1 N–H and O–H groups in total. The highest BCUT2D eigenvalue weighted by atomic mass is 79.9. The number of carbonyl (C=O) groups excluding carboxylic acids is 1. The summed E-state index contributed by atoms with van der Waals surface area (Å²) in [7, 11) is 1.57. The van der Waals surface area contributed by atoms with E-state index < -0.39 is 6.10 Å². The van der Waals surface area contributed by atoms with Crippen LogP contribution < -0.4 is 19.5 Å². The van der Waals surface area contributed by atoms with Crippen molar-refractivity contribution < 1.29 is 23.4 Å². The van der Waals surface area contributed by atoms with Gasteiger partial charge in [-0.3, -0.25) is 4.79 Å². The van der Waals surface area contributed by atoms with Gasteiger partial charge in [0.1, 0.15) is 18.2 Å². The molecule has 5 nitrogen and oxygen atoms in total. The van der Waals surface area contributed by atoms with Crippen LogP contribution in [0.2, 0.25) is 0 Å². The van der Waals surface area contributed by atoms with Crippen molar-refractivity contribution in [3.05, 3.63) is 52.8 Å². The molecule has 0 aliphatic carbocycles. The van der Waals surface area contributed by atoms with Gasteiger partial charge in [0.15, 0.2) is 17.6 Å². The van der Waals surface area contributed by atoms with Crippen molar-refractivity contribution in [1.29, 1.82) is 0 Å². The van der Waals surface area contributed by atoms with Crippen molar-refractivity contribution in [3.63, 3.8) is 0 Å². The number of nitrogens with one attached hydrogen (secondary N) is 1. The van der Waals surface area contributed by atoms with E-state index in [2.05, 4.69) is 21.2 Å². The molecule has 0 saturated heterocycles. The van der Waals surface area contributed by atoms with Crippen LogP contribution in [-0.4, -0.2) is 32.3 Å². The van der Waals surface area contributed by atoms with E-state index in [9.17, 15) is 9.18 Å². The van der Waals surface area contributed by atoms with Gasteiger partial charge < -0.3 is 19.5 Å². The highest BCUT2D eigenvalue weighted by Crippen LogP contribution is 2.27. The van der Waals surface area contributed by atoms with Crippen LogP contribution in [0.25, 0.3) is 0 Å². The van der Waals surface area contributed by atoms with E-state index >= 15 is 0 Å². The number of hydrogen-bond acceptors (Lipinski definition) is 4. The van der Waals surface area contributed by atoms with Gasteiger partial charge in [0.25, 0.3) is 5.91 Å². The van der Waals surface area contributed by atoms with Crippen molar-refractivity contribution in [2.75, 3.05) is 20.3 Å². The predicted molar refractivity (Wildman–Crippen MR) is 95.7 cm³/mol. The number of halogens is 2. The Kier molecular flexibility index (Phi) is 7.06. The first-order valence-corrected chi connectivity index (χ1v) is 8.46. The average Bonchev–Trinajstić information content (AvgIpc) is 2.61. The second kappa shape index (κ2) is 9.27. The summed E-state index contributed by atoms with van der Waals surface area (Å²) in [5.74, 6) is 0.962. The maximum atomic E-state index is 13.1. The van der Waals surface area contributed by atoms with Crippen LogP contribution in [0.4, 0.5) is 4.39 Å². The highest BCUT2D eigenvalue weighted by Gasteiger charge is 2.16. The van der Waals surface area contributed by atoms with Gasteiger partial charge in [-0.15, -0.1) is 0 Å². The quantitative estimate of drug-likeness (QED) is 0.674. The molecule has 0 aliphatic heterocycles. The van der Waals surface area contributed by atoms with Crippen molar-refractivity contribution in [3.8, 4) is 17.2 Å². The maximum Gasteiger partial charge on any atom is 0.260 e. The Morgan fingerprint density at radius 2 is 1.92 bits per heavy atom. The van der Waals surface area contributed by atoms with Gasteiger partial charge in [0.05, 0.1) is 18.1 Å². The number of rotatable bonds is 8. The van der Waals surface area contributed by atoms with Crippen molar-refractivity contribution >= 4 is 21.8 Å². The van der Waals surface area contributed by atoms with Crippen LogP contribution in [0.5, 0.6) is 17.2 Å². The molecule has 0 fully saturated rings. The van der Waals surface area contributed by atoms with Crippen LogP contribution in [0.15, 0.2) is 46.9 Å². The molecular formula is C18H19BrFNO4. The lowest BCUT2D eigenvalue weighted by Crippen LogP contribution is -2.38. The van der Waals surface area contributed by atoms with Crippen LogP contribution >= 0.6 is 15.9 Å². The summed E-state index contributed by atoms with van der Waals surface area (Å²) >= 11 is 3.20. The average molecular weight is 412 g/mol. The van der Waals surface area contributed by atoms with Crippen LogP contribution in [0.1, 0.15) is 6.92 Å². The van der Waals surface area contributed by atoms with E-state index in [0.29, 0.717) is 34.9 Å². The number of methoxy groups -OCH3 is 1. The Labute approximate surface area is 154 Å². The molecule has 0 radical (unpaired) electrons. The van der Waals surface area contributed by atoms with E-state index in [1.165, 1.54) is 18.2 Å². The second-order valence-electron chi connectivity index (χ2n) is 5.13. The zero-order valence-corrected chi connectivity index (χ0v) is 15.5. The Morgan fingerprint density at radius 1 is 1.20 bits per heavy atom. The summed E-state index contributed by atoms with van der Waals surface area (Å²) in [5.41, 5.74) is 0. The highest BCUT2D eigenvalue weighted by molar-refractivity contribution is 9.10. The summed E-state index contributed by atoms with van der Waals surface area (Å²) < 4.78 is 29.8. The zero-order valence-electron chi connectivity index (χ0n) is 13.9. The number of carbonyl (C=O) groups is 1. The maximum absolute atomic E-state index is 13.1. The third-order valence-electron chi connectivity index (χ3n) is 3.29. The van der Waals surface area contributed by atoms with Crippen molar-refractivity contribution in [1.82, 2.24) is 5.32 Å². The van der Waals surface area contributed by atoms with E-state index in [-0.39, 0.29) is 11.7 Å². The molecule has 0 heterocycles. The Hall–Kier alpha value is -2.28. The van der Waals surface area contributed by atoms with E-state index in [4.69, 9.17) is 14.2 Å². The molecule has 134 valence electrons. The first-order chi connectivity index (χ1) is 12.0. The molecule has 0 aromatic heterocycles. The number of ether oxygens (including phenoxy) is 3. The molecule has 1 atom stereocenters. The van der Waals surface area contributed by atoms with Gasteiger partial charge in [-0.2, -0.15) is 0 Å². The third-order valence-corrected chi connectivity index (χ3v) is 3.91. The van der Waals surface area contributed by atoms with Crippen LogP contribution in [0, 0.1) is 5.82 Å². The van der Waals surface area contributed by atoms with Gasteiger partial charge in [0.2, 0.25) is 0 Å². The Bertz CT molecular complexity index is 726. The fourth-order valence-corrected chi connectivity index (χ4v) is 2.48. The molecule has 25 heavy (non-hydrogen) atoms. The fourth-order valence-electron chi connectivity index (χ4n) is 2.03. The SMILES string of the molecule is COc1ccccc1OCCNC(=O)C(C)Oc1ccc(F)cc1Br. The molecule has 2 aromatic rings. The van der Waals surface area contributed by atoms with E-state index in [0.717, 1.165) is 0 Å². The monoisotopic (exact) mass is 411 g/mol. The first-order valence-electron chi connectivity index (χ1n) is 7.66. The summed E-state index contributed by atoms with van der Waals surface area (Å²) in [4.78, 5) is 12.1. The van der Waals surface area contributed by atoms with Gasteiger partial charge in [-0.1, -0.05) is 12.1 Å². The molecule has 2 aromatic carbocycles. The molecule has 2 rings (SSSR count). The lowest BCUT2D eigenvalue weighted by atomic mass is 10.3. The molecule has 7 heteroatoms. The van der Waals surface area contributed by atoms with Crippen LogP contribution in [-0.2, 0) is 4.79 Å². The zero-order chi connectivity index (χ0) is 18.2. The van der Waals surface area contributed by atoms with Gasteiger partial charge in [-0.05, 0) is 53.2 Å². The summed E-state index contributed by atoms with van der Waals surface area (Å²) in [6.45, 7) is 2.22. The Balaban J connectivity index is 1.77. The van der Waals surface area contributed by atoms with Crippen molar-refractivity contribution in [2.45, 2.75) is 13.0 Å². The molecule has 0 saturated carbocycles. The summed E-state index contributed by atoms with van der Waals surface area (Å²) in [6.07, 6.45) is -0.729. The van der Waals surface area contributed by atoms with Gasteiger partial charge in [0, 0.05) is 0 Å². The third kappa shape index (κ3) is 5.63. The lowest BCUT2D eigenvalue weighted by Gasteiger charge is -2.16. The second-order valence-corrected chi connectivity index (χ2v) is 5.98. The van der Waals surface area contributed by atoms with Gasteiger partial charge in [-0.25, -0.2) is 4.39 Å². The number of benzene rings is 2. The normalized spacial score (nSPS) is 11.5. The van der Waals surface area contributed by atoms with Crippen molar-refractivity contribution in [2.24, 2.45) is 0 Å². The molecule has 0 spiro atoms. The first kappa shape index (κ1) is 19.1. The number of para-hydroxylation sites is 2. The Morgan fingerprint density at radius 3 is 2.60 bits per heavy atom. The summed E-state index contributed by atoms with van der Waals surface area (Å²) in [6, 6.07) is 11.3. The fraction of sp³-hybridized carbons (Fsp3) is 0.278. The topological polar surface area (TPSA) is 56.8 Å². The standard InChI is InChI=1S/C18H19BrFNO4/c1-12(25-15-8-7-13(20)11-14(15)19)18(22)21-9-10-24-17-6-4-3-5-16(17)23-2/h3-8,11-12H,9-10H2,1-2H3,(H,21,22). The molecule has 1 unspecified atom stereocenters. The molecule has 1 amide bonds. The smallest absolute Gasteiger partial charge is 0.260 e. The number of hydrogen-bond donors (Lipinski definition) is 1. The van der Waals surface area contributed by atoms with E-state index in [1.807, 2.05) is 12.1 Å². The molecule has 0 aliphatic rings. The number of amides is 1.